The highest BCUT2D eigenvalue weighted by Gasteiger charge is 2.00. The molecule has 0 aliphatic carbocycles. The maximum absolute atomic E-state index is 5.84. The molecule has 0 aliphatic heterocycles. The maximum Gasteiger partial charge on any atom is 0.188 e. The zero-order chi connectivity index (χ0) is 16.5. The van der Waals surface area contributed by atoms with Crippen LogP contribution in [0.25, 0.3) is 0 Å². The zero-order valence-electron chi connectivity index (χ0n) is 13.7. The van der Waals surface area contributed by atoms with Gasteiger partial charge in [0.25, 0.3) is 0 Å². The van der Waals surface area contributed by atoms with Gasteiger partial charge in [-0.3, -0.25) is 4.98 Å². The van der Waals surface area contributed by atoms with Crippen molar-refractivity contribution in [3.8, 4) is 5.75 Å². The number of hydrogen-bond acceptors (Lipinski definition) is 3. The maximum atomic E-state index is 5.84. The van der Waals surface area contributed by atoms with Crippen LogP contribution in [0.5, 0.6) is 5.75 Å². The molecule has 122 valence electrons. The molecule has 0 bridgehead atoms. The Morgan fingerprint density at radius 2 is 2.13 bits per heavy atom. The van der Waals surface area contributed by atoms with E-state index in [2.05, 4.69) is 29.1 Å². The van der Waals surface area contributed by atoms with Crippen molar-refractivity contribution in [1.29, 1.82) is 0 Å². The van der Waals surface area contributed by atoms with Gasteiger partial charge in [-0.25, -0.2) is 4.99 Å². The highest BCUT2D eigenvalue weighted by Crippen LogP contribution is 2.15. The third-order valence-electron chi connectivity index (χ3n) is 3.13. The second-order valence-corrected chi connectivity index (χ2v) is 5.73. The molecule has 0 spiro atoms. The summed E-state index contributed by atoms with van der Waals surface area (Å²) >= 11 is 0. The van der Waals surface area contributed by atoms with Gasteiger partial charge in [-0.05, 0) is 35.7 Å². The Morgan fingerprint density at radius 1 is 1.26 bits per heavy atom. The lowest BCUT2D eigenvalue weighted by molar-refractivity contribution is 0.301. The van der Waals surface area contributed by atoms with Crippen LogP contribution in [0, 0.1) is 5.92 Å². The van der Waals surface area contributed by atoms with Gasteiger partial charge in [0.1, 0.15) is 12.4 Å². The molecule has 5 heteroatoms. The predicted octanol–water partition coefficient (Wildman–Crippen LogP) is 2.72. The Morgan fingerprint density at radius 3 is 2.87 bits per heavy atom. The minimum Gasteiger partial charge on any atom is -0.487 e. The first kappa shape index (κ1) is 16.8. The van der Waals surface area contributed by atoms with Crippen molar-refractivity contribution < 1.29 is 4.74 Å². The van der Waals surface area contributed by atoms with Crippen LogP contribution in [0.15, 0.2) is 53.7 Å². The molecule has 0 unspecified atom stereocenters. The van der Waals surface area contributed by atoms with Crippen molar-refractivity contribution in [2.45, 2.75) is 27.0 Å². The molecule has 0 amide bonds. The van der Waals surface area contributed by atoms with Crippen LogP contribution in [0.3, 0.4) is 0 Å². The lowest BCUT2D eigenvalue weighted by Crippen LogP contribution is -2.34. The van der Waals surface area contributed by atoms with E-state index in [1.807, 2.05) is 42.5 Å². The number of aliphatic imine (C=N–C) groups is 1. The third kappa shape index (κ3) is 6.38. The Hall–Kier alpha value is -2.56. The normalized spacial score (nSPS) is 11.5. The number of nitrogens with zero attached hydrogens (tertiary/aromatic N) is 2. The van der Waals surface area contributed by atoms with Gasteiger partial charge in [0.15, 0.2) is 5.96 Å². The molecule has 23 heavy (non-hydrogen) atoms. The first-order valence-electron chi connectivity index (χ1n) is 7.79. The standard InChI is InChI=1S/C18H24N4O/c1-14(2)11-21-18(19)22-12-15-6-5-8-17(10-15)23-13-16-7-3-4-9-20-16/h3-10,14H,11-13H2,1-2H3,(H3,19,21,22). The van der Waals surface area contributed by atoms with E-state index in [0.717, 1.165) is 23.6 Å². The van der Waals surface area contributed by atoms with E-state index in [4.69, 9.17) is 10.5 Å². The number of ether oxygens (including phenoxy) is 1. The summed E-state index contributed by atoms with van der Waals surface area (Å²) < 4.78 is 5.76. The van der Waals surface area contributed by atoms with E-state index in [0.29, 0.717) is 25.0 Å². The lowest BCUT2D eigenvalue weighted by atomic mass is 10.2. The van der Waals surface area contributed by atoms with Crippen molar-refractivity contribution in [1.82, 2.24) is 10.3 Å². The van der Waals surface area contributed by atoms with Gasteiger partial charge in [0, 0.05) is 12.7 Å². The molecular formula is C18H24N4O. The second kappa shape index (κ2) is 8.78. The number of aromatic nitrogens is 1. The minimum absolute atomic E-state index is 0.450. The Bertz CT molecular complexity index is 626. The topological polar surface area (TPSA) is 72.5 Å². The molecule has 3 N–H and O–H groups in total. The summed E-state index contributed by atoms with van der Waals surface area (Å²) in [4.78, 5) is 8.58. The summed E-state index contributed by atoms with van der Waals surface area (Å²) in [6.45, 7) is 6.05. The van der Waals surface area contributed by atoms with Gasteiger partial charge in [-0.2, -0.15) is 0 Å². The Labute approximate surface area is 137 Å². The largest absolute Gasteiger partial charge is 0.487 e. The van der Waals surface area contributed by atoms with E-state index >= 15 is 0 Å². The van der Waals surface area contributed by atoms with Crippen LogP contribution in [0.1, 0.15) is 25.1 Å². The summed E-state index contributed by atoms with van der Waals surface area (Å²) in [7, 11) is 0. The average molecular weight is 312 g/mol. The van der Waals surface area contributed by atoms with Crippen molar-refractivity contribution in [3.05, 3.63) is 59.9 Å². The molecule has 0 atom stereocenters. The quantitative estimate of drug-likeness (QED) is 0.609. The van der Waals surface area contributed by atoms with Crippen LogP contribution in [-0.4, -0.2) is 17.5 Å². The summed E-state index contributed by atoms with van der Waals surface area (Å²) in [5.74, 6) is 1.81. The van der Waals surface area contributed by atoms with Gasteiger partial charge in [-0.15, -0.1) is 0 Å². The monoisotopic (exact) mass is 312 g/mol. The fraction of sp³-hybridized carbons (Fsp3) is 0.333. The molecule has 0 fully saturated rings. The zero-order valence-corrected chi connectivity index (χ0v) is 13.7. The summed E-state index contributed by atoms with van der Waals surface area (Å²) in [5, 5.41) is 3.10. The summed E-state index contributed by atoms with van der Waals surface area (Å²) in [5.41, 5.74) is 7.80. The van der Waals surface area contributed by atoms with Crippen LogP contribution in [-0.2, 0) is 13.2 Å². The molecule has 2 rings (SSSR count). The van der Waals surface area contributed by atoms with Crippen molar-refractivity contribution >= 4 is 5.96 Å². The number of pyridine rings is 1. The predicted molar refractivity (Wildman–Crippen MR) is 93.2 cm³/mol. The number of nitrogens with one attached hydrogen (secondary N) is 1. The first-order valence-corrected chi connectivity index (χ1v) is 7.79. The molecule has 0 saturated carbocycles. The molecule has 5 nitrogen and oxygen atoms in total. The van der Waals surface area contributed by atoms with Crippen LogP contribution < -0.4 is 15.8 Å². The fourth-order valence-electron chi connectivity index (χ4n) is 1.92. The number of rotatable bonds is 7. The van der Waals surface area contributed by atoms with E-state index < -0.39 is 0 Å². The van der Waals surface area contributed by atoms with Crippen LogP contribution in [0.2, 0.25) is 0 Å². The van der Waals surface area contributed by atoms with Crippen molar-refractivity contribution in [2.24, 2.45) is 16.6 Å². The Kier molecular flexibility index (Phi) is 6.41. The highest BCUT2D eigenvalue weighted by molar-refractivity contribution is 5.77. The molecule has 0 aliphatic rings. The fourth-order valence-corrected chi connectivity index (χ4v) is 1.92. The second-order valence-electron chi connectivity index (χ2n) is 5.73. The smallest absolute Gasteiger partial charge is 0.188 e. The molecule has 1 aromatic heterocycles. The lowest BCUT2D eigenvalue weighted by Gasteiger charge is -2.09. The molecular weight excluding hydrogens is 288 g/mol. The van der Waals surface area contributed by atoms with Gasteiger partial charge in [0.2, 0.25) is 0 Å². The Balaban J connectivity index is 1.88. The van der Waals surface area contributed by atoms with E-state index in [1.54, 1.807) is 6.20 Å². The SMILES string of the molecule is CC(C)CNC(N)=NCc1cccc(OCc2ccccn2)c1. The van der Waals surface area contributed by atoms with Gasteiger partial charge < -0.3 is 15.8 Å². The molecule has 0 radical (unpaired) electrons. The third-order valence-corrected chi connectivity index (χ3v) is 3.13. The number of benzene rings is 1. The van der Waals surface area contributed by atoms with E-state index in [9.17, 15) is 0 Å². The van der Waals surface area contributed by atoms with E-state index in [-0.39, 0.29) is 0 Å². The number of guanidine groups is 1. The molecule has 0 saturated heterocycles. The minimum atomic E-state index is 0.450. The summed E-state index contributed by atoms with van der Waals surface area (Å²) in [6.07, 6.45) is 1.76. The van der Waals surface area contributed by atoms with Crippen molar-refractivity contribution in [2.75, 3.05) is 6.54 Å². The number of hydrogen-bond donors (Lipinski definition) is 2. The molecule has 1 aromatic carbocycles. The molecule has 1 heterocycles. The van der Waals surface area contributed by atoms with Crippen molar-refractivity contribution in [3.63, 3.8) is 0 Å². The number of nitrogens with two attached hydrogens (primary N) is 1. The molecule has 2 aromatic rings. The highest BCUT2D eigenvalue weighted by atomic mass is 16.5. The van der Waals surface area contributed by atoms with Crippen LogP contribution >= 0.6 is 0 Å². The van der Waals surface area contributed by atoms with E-state index in [1.165, 1.54) is 0 Å². The van der Waals surface area contributed by atoms with Gasteiger partial charge in [0.05, 0.1) is 12.2 Å². The van der Waals surface area contributed by atoms with Gasteiger partial charge >= 0.3 is 0 Å². The van der Waals surface area contributed by atoms with Gasteiger partial charge in [-0.1, -0.05) is 32.0 Å². The van der Waals surface area contributed by atoms with Crippen LogP contribution in [0.4, 0.5) is 0 Å². The summed E-state index contributed by atoms with van der Waals surface area (Å²) in [6, 6.07) is 13.6. The first-order chi connectivity index (χ1) is 11.1. The average Bonchev–Trinajstić information content (AvgIpc) is 2.57.